The van der Waals surface area contributed by atoms with Gasteiger partial charge in [0.25, 0.3) is 0 Å². The van der Waals surface area contributed by atoms with Crippen molar-refractivity contribution < 1.29 is 9.53 Å². The molecule has 74 valence electrons. The van der Waals surface area contributed by atoms with Gasteiger partial charge in [-0.1, -0.05) is 39.0 Å². The summed E-state index contributed by atoms with van der Waals surface area (Å²) >= 11 is 0. The standard InChI is InChI=1S/C11H18O2/c1-11(2,3)9-7-5-6-8-10(12)13-4/h5-8H,9H2,1-4H3/b7-5+,8-6+. The molecule has 0 saturated carbocycles. The van der Waals surface area contributed by atoms with Crippen molar-refractivity contribution in [1.29, 1.82) is 0 Å². The number of esters is 1. The van der Waals surface area contributed by atoms with E-state index in [2.05, 4.69) is 25.5 Å². The summed E-state index contributed by atoms with van der Waals surface area (Å²) < 4.78 is 4.44. The molecule has 13 heavy (non-hydrogen) atoms. The SMILES string of the molecule is COC(=O)/C=C/C=C/CC(C)(C)C. The van der Waals surface area contributed by atoms with Gasteiger partial charge in [-0.2, -0.15) is 0 Å². The Morgan fingerprint density at radius 1 is 1.31 bits per heavy atom. The van der Waals surface area contributed by atoms with Crippen LogP contribution in [0.15, 0.2) is 24.3 Å². The molecular weight excluding hydrogens is 164 g/mol. The fourth-order valence-corrected chi connectivity index (χ4v) is 0.702. The average molecular weight is 182 g/mol. The molecule has 0 aliphatic heterocycles. The first-order valence-electron chi connectivity index (χ1n) is 4.37. The van der Waals surface area contributed by atoms with Crippen LogP contribution in [0, 0.1) is 5.41 Å². The topological polar surface area (TPSA) is 26.3 Å². The minimum atomic E-state index is -0.319. The molecule has 0 atom stereocenters. The number of hydrogen-bond acceptors (Lipinski definition) is 2. The van der Waals surface area contributed by atoms with Crippen LogP contribution < -0.4 is 0 Å². The number of hydrogen-bond donors (Lipinski definition) is 0. The monoisotopic (exact) mass is 182 g/mol. The first-order valence-corrected chi connectivity index (χ1v) is 4.37. The molecule has 0 spiro atoms. The molecule has 0 aromatic carbocycles. The normalized spacial score (nSPS) is 12.6. The second kappa shape index (κ2) is 5.57. The largest absolute Gasteiger partial charge is 0.466 e. The van der Waals surface area contributed by atoms with E-state index in [1.165, 1.54) is 13.2 Å². The van der Waals surface area contributed by atoms with Crippen LogP contribution in [0.5, 0.6) is 0 Å². The lowest BCUT2D eigenvalue weighted by atomic mass is 9.92. The van der Waals surface area contributed by atoms with Crippen LogP contribution in [0.25, 0.3) is 0 Å². The molecule has 0 heterocycles. The van der Waals surface area contributed by atoms with Crippen molar-refractivity contribution in [2.24, 2.45) is 5.41 Å². The second-order valence-corrected chi connectivity index (χ2v) is 4.08. The number of allylic oxidation sites excluding steroid dienone is 3. The van der Waals surface area contributed by atoms with E-state index in [1.54, 1.807) is 6.08 Å². The summed E-state index contributed by atoms with van der Waals surface area (Å²) in [7, 11) is 1.37. The first-order chi connectivity index (χ1) is 5.95. The molecule has 0 aliphatic rings. The molecule has 0 fully saturated rings. The van der Waals surface area contributed by atoms with Crippen molar-refractivity contribution >= 4 is 5.97 Å². The van der Waals surface area contributed by atoms with Gasteiger partial charge in [0.05, 0.1) is 7.11 Å². The molecule has 0 unspecified atom stereocenters. The van der Waals surface area contributed by atoms with Crippen LogP contribution in [0.3, 0.4) is 0 Å². The van der Waals surface area contributed by atoms with Gasteiger partial charge in [-0.25, -0.2) is 4.79 Å². The van der Waals surface area contributed by atoms with Gasteiger partial charge < -0.3 is 4.74 Å². The van der Waals surface area contributed by atoms with Gasteiger partial charge in [0.15, 0.2) is 0 Å². The van der Waals surface area contributed by atoms with E-state index in [-0.39, 0.29) is 5.97 Å². The Morgan fingerprint density at radius 3 is 2.38 bits per heavy atom. The highest BCUT2D eigenvalue weighted by Crippen LogP contribution is 2.18. The Labute approximate surface area is 80.3 Å². The third-order valence-corrected chi connectivity index (χ3v) is 1.41. The van der Waals surface area contributed by atoms with E-state index in [4.69, 9.17) is 0 Å². The summed E-state index contributed by atoms with van der Waals surface area (Å²) in [6, 6.07) is 0. The molecule has 0 aromatic rings. The van der Waals surface area contributed by atoms with Crippen molar-refractivity contribution in [1.82, 2.24) is 0 Å². The van der Waals surface area contributed by atoms with Gasteiger partial charge in [0.1, 0.15) is 0 Å². The van der Waals surface area contributed by atoms with Gasteiger partial charge >= 0.3 is 5.97 Å². The molecule has 2 heteroatoms. The molecular formula is C11H18O2. The summed E-state index contributed by atoms with van der Waals surface area (Å²) in [4.78, 5) is 10.6. The Balaban J connectivity index is 3.76. The quantitative estimate of drug-likeness (QED) is 0.381. The molecule has 0 bridgehead atoms. The Bertz CT molecular complexity index is 207. The minimum absolute atomic E-state index is 0.301. The lowest BCUT2D eigenvalue weighted by Crippen LogP contribution is -2.01. The highest BCUT2D eigenvalue weighted by atomic mass is 16.5. The highest BCUT2D eigenvalue weighted by molar-refractivity contribution is 5.82. The van der Waals surface area contributed by atoms with Gasteiger partial charge in [-0.3, -0.25) is 0 Å². The second-order valence-electron chi connectivity index (χ2n) is 4.08. The Morgan fingerprint density at radius 2 is 1.92 bits per heavy atom. The maximum absolute atomic E-state index is 10.6. The van der Waals surface area contributed by atoms with Gasteiger partial charge in [0.2, 0.25) is 0 Å². The van der Waals surface area contributed by atoms with E-state index in [1.807, 2.05) is 12.2 Å². The zero-order valence-electron chi connectivity index (χ0n) is 8.83. The Hall–Kier alpha value is -1.05. The molecule has 0 saturated heterocycles. The number of carbonyl (C=O) groups is 1. The summed E-state index contributed by atoms with van der Waals surface area (Å²) in [5, 5.41) is 0. The van der Waals surface area contributed by atoms with Crippen LogP contribution in [0.4, 0.5) is 0 Å². The van der Waals surface area contributed by atoms with Crippen LogP contribution in [-0.2, 0) is 9.53 Å². The number of carbonyl (C=O) groups excluding carboxylic acids is 1. The minimum Gasteiger partial charge on any atom is -0.466 e. The van der Waals surface area contributed by atoms with Gasteiger partial charge in [-0.15, -0.1) is 0 Å². The fourth-order valence-electron chi connectivity index (χ4n) is 0.702. The molecule has 0 amide bonds. The smallest absolute Gasteiger partial charge is 0.330 e. The number of methoxy groups -OCH3 is 1. The summed E-state index contributed by atoms with van der Waals surface area (Å²) in [6.07, 6.45) is 8.00. The van der Waals surface area contributed by atoms with E-state index < -0.39 is 0 Å². The summed E-state index contributed by atoms with van der Waals surface area (Å²) in [5.74, 6) is -0.319. The molecule has 2 nitrogen and oxygen atoms in total. The van der Waals surface area contributed by atoms with Crippen molar-refractivity contribution in [3.8, 4) is 0 Å². The van der Waals surface area contributed by atoms with E-state index in [9.17, 15) is 4.79 Å². The fraction of sp³-hybridized carbons (Fsp3) is 0.545. The molecule has 0 radical (unpaired) electrons. The lowest BCUT2D eigenvalue weighted by molar-refractivity contribution is -0.134. The predicted molar refractivity (Wildman–Crippen MR) is 54.4 cm³/mol. The molecule has 0 N–H and O–H groups in total. The molecule has 0 rings (SSSR count). The van der Waals surface area contributed by atoms with Crippen LogP contribution in [0.2, 0.25) is 0 Å². The van der Waals surface area contributed by atoms with Crippen molar-refractivity contribution in [3.05, 3.63) is 24.3 Å². The molecule has 0 aromatic heterocycles. The van der Waals surface area contributed by atoms with Crippen molar-refractivity contribution in [2.45, 2.75) is 27.2 Å². The summed E-state index contributed by atoms with van der Waals surface area (Å²) in [5.41, 5.74) is 0.301. The van der Waals surface area contributed by atoms with E-state index >= 15 is 0 Å². The zero-order valence-corrected chi connectivity index (χ0v) is 8.83. The maximum atomic E-state index is 10.6. The lowest BCUT2D eigenvalue weighted by Gasteiger charge is -2.13. The van der Waals surface area contributed by atoms with Crippen LogP contribution in [-0.4, -0.2) is 13.1 Å². The van der Waals surface area contributed by atoms with Crippen LogP contribution >= 0.6 is 0 Å². The average Bonchev–Trinajstić information content (AvgIpc) is 2.01. The van der Waals surface area contributed by atoms with Crippen LogP contribution in [0.1, 0.15) is 27.2 Å². The molecule has 0 aliphatic carbocycles. The summed E-state index contributed by atoms with van der Waals surface area (Å²) in [6.45, 7) is 6.50. The van der Waals surface area contributed by atoms with Crippen molar-refractivity contribution in [2.75, 3.05) is 7.11 Å². The van der Waals surface area contributed by atoms with Gasteiger partial charge in [0, 0.05) is 6.08 Å². The van der Waals surface area contributed by atoms with Crippen molar-refractivity contribution in [3.63, 3.8) is 0 Å². The third kappa shape index (κ3) is 8.86. The first kappa shape index (κ1) is 11.9. The van der Waals surface area contributed by atoms with Gasteiger partial charge in [-0.05, 0) is 11.8 Å². The van der Waals surface area contributed by atoms with E-state index in [0.717, 1.165) is 6.42 Å². The zero-order chi connectivity index (χ0) is 10.3. The highest BCUT2D eigenvalue weighted by Gasteiger charge is 2.05. The third-order valence-electron chi connectivity index (χ3n) is 1.41. The maximum Gasteiger partial charge on any atom is 0.330 e. The number of ether oxygens (including phenoxy) is 1. The van der Waals surface area contributed by atoms with E-state index in [0.29, 0.717) is 5.41 Å². The Kier molecular flexibility index (Phi) is 5.12. The predicted octanol–water partition coefficient (Wildman–Crippen LogP) is 2.71. The number of rotatable bonds is 3.